The molecule has 5 heteroatoms. The number of carbonyl (C=O) groups is 1. The molecule has 1 N–H and O–H groups in total. The topological polar surface area (TPSA) is 41.6 Å². The maximum atomic E-state index is 12.5. The summed E-state index contributed by atoms with van der Waals surface area (Å²) in [5.74, 6) is 0.857. The highest BCUT2D eigenvalue weighted by Crippen LogP contribution is 2.32. The van der Waals surface area contributed by atoms with E-state index in [1.807, 2.05) is 0 Å². The van der Waals surface area contributed by atoms with Crippen LogP contribution in [0, 0.1) is 5.92 Å². The Labute approximate surface area is 136 Å². The van der Waals surface area contributed by atoms with Gasteiger partial charge in [0.2, 0.25) is 0 Å². The Bertz CT molecular complexity index is 523. The van der Waals surface area contributed by atoms with Gasteiger partial charge in [-0.05, 0) is 37.7 Å². The highest BCUT2D eigenvalue weighted by atomic mass is 32.1. The summed E-state index contributed by atoms with van der Waals surface area (Å²) in [6.45, 7) is 8.71. The fourth-order valence-corrected chi connectivity index (χ4v) is 4.60. The summed E-state index contributed by atoms with van der Waals surface area (Å²) in [7, 11) is 0. The number of ether oxygens (including phenoxy) is 1. The van der Waals surface area contributed by atoms with Crippen LogP contribution < -0.4 is 5.32 Å². The molecule has 4 nitrogen and oxygen atoms in total. The first-order valence-corrected chi connectivity index (χ1v) is 9.22. The molecule has 2 heterocycles. The third-order valence-electron chi connectivity index (χ3n) is 4.87. The van der Waals surface area contributed by atoms with Crippen LogP contribution in [0.2, 0.25) is 0 Å². The minimum Gasteiger partial charge on any atom is -0.379 e. The molecule has 1 amide bonds. The van der Waals surface area contributed by atoms with Gasteiger partial charge in [0.15, 0.2) is 0 Å². The summed E-state index contributed by atoms with van der Waals surface area (Å²) >= 11 is 1.76. The zero-order chi connectivity index (χ0) is 15.5. The molecule has 122 valence electrons. The summed E-state index contributed by atoms with van der Waals surface area (Å²) in [5, 5.41) is 5.18. The molecule has 0 bridgehead atoms. The third-order valence-corrected chi connectivity index (χ3v) is 5.92. The van der Waals surface area contributed by atoms with Crippen molar-refractivity contribution in [3.05, 3.63) is 21.4 Å². The first kappa shape index (κ1) is 16.0. The molecule has 0 unspecified atom stereocenters. The minimum atomic E-state index is 0.104. The van der Waals surface area contributed by atoms with E-state index in [1.165, 1.54) is 16.9 Å². The van der Waals surface area contributed by atoms with Crippen LogP contribution in [-0.4, -0.2) is 49.7 Å². The van der Waals surface area contributed by atoms with Crippen LogP contribution in [-0.2, 0) is 17.6 Å². The van der Waals surface area contributed by atoms with E-state index in [1.54, 1.807) is 11.3 Å². The van der Waals surface area contributed by atoms with Gasteiger partial charge < -0.3 is 10.1 Å². The van der Waals surface area contributed by atoms with Gasteiger partial charge in [-0.15, -0.1) is 11.3 Å². The SMILES string of the molecule is C[C@@H]1CCc2c(C(=O)NC[C@H](C)N3CCOCC3)csc2C1. The molecule has 1 aliphatic heterocycles. The molecule has 1 aliphatic carbocycles. The van der Waals surface area contributed by atoms with Gasteiger partial charge >= 0.3 is 0 Å². The molecule has 0 spiro atoms. The van der Waals surface area contributed by atoms with E-state index >= 15 is 0 Å². The predicted molar refractivity (Wildman–Crippen MR) is 89.7 cm³/mol. The molecule has 0 aromatic carbocycles. The summed E-state index contributed by atoms with van der Waals surface area (Å²) in [6, 6.07) is 0.363. The second-order valence-electron chi connectivity index (χ2n) is 6.61. The van der Waals surface area contributed by atoms with E-state index in [0.29, 0.717) is 12.6 Å². The van der Waals surface area contributed by atoms with Crippen molar-refractivity contribution in [1.82, 2.24) is 10.2 Å². The second-order valence-corrected chi connectivity index (χ2v) is 7.57. The van der Waals surface area contributed by atoms with Crippen LogP contribution in [0.4, 0.5) is 0 Å². The molecule has 0 saturated carbocycles. The standard InChI is InChI=1S/C17H26N2O2S/c1-12-3-4-14-15(11-22-16(14)9-12)17(20)18-10-13(2)19-5-7-21-8-6-19/h11-13H,3-10H2,1-2H3,(H,18,20)/t12-,13+/m1/s1. The molecule has 0 radical (unpaired) electrons. The zero-order valence-electron chi connectivity index (χ0n) is 13.6. The molecular weight excluding hydrogens is 296 g/mol. The van der Waals surface area contributed by atoms with Gasteiger partial charge in [0.25, 0.3) is 5.91 Å². The molecule has 1 saturated heterocycles. The first-order chi connectivity index (χ1) is 10.6. The quantitative estimate of drug-likeness (QED) is 0.925. The lowest BCUT2D eigenvalue weighted by Gasteiger charge is -2.32. The van der Waals surface area contributed by atoms with Crippen LogP contribution in [0.1, 0.15) is 41.1 Å². The van der Waals surface area contributed by atoms with Gasteiger partial charge in [-0.2, -0.15) is 0 Å². The highest BCUT2D eigenvalue weighted by molar-refractivity contribution is 7.10. The first-order valence-electron chi connectivity index (χ1n) is 8.34. The smallest absolute Gasteiger partial charge is 0.252 e. The highest BCUT2D eigenvalue weighted by Gasteiger charge is 2.24. The Balaban J connectivity index is 1.56. The van der Waals surface area contributed by atoms with Crippen molar-refractivity contribution < 1.29 is 9.53 Å². The van der Waals surface area contributed by atoms with Crippen molar-refractivity contribution >= 4 is 17.2 Å². The normalized spacial score (nSPS) is 23.8. The Kier molecular flexibility index (Phi) is 5.16. The van der Waals surface area contributed by atoms with E-state index in [2.05, 4.69) is 29.4 Å². The molecule has 1 aromatic rings. The zero-order valence-corrected chi connectivity index (χ0v) is 14.4. The van der Waals surface area contributed by atoms with E-state index in [9.17, 15) is 4.79 Å². The Morgan fingerprint density at radius 3 is 3.05 bits per heavy atom. The number of rotatable bonds is 4. The van der Waals surface area contributed by atoms with Crippen molar-refractivity contribution in [3.8, 4) is 0 Å². The van der Waals surface area contributed by atoms with Crippen molar-refractivity contribution in [2.24, 2.45) is 5.92 Å². The van der Waals surface area contributed by atoms with Crippen molar-refractivity contribution in [2.75, 3.05) is 32.8 Å². The van der Waals surface area contributed by atoms with Crippen LogP contribution in [0.5, 0.6) is 0 Å². The Morgan fingerprint density at radius 2 is 2.27 bits per heavy atom. The van der Waals surface area contributed by atoms with Crippen LogP contribution in [0.25, 0.3) is 0 Å². The van der Waals surface area contributed by atoms with Crippen LogP contribution in [0.15, 0.2) is 5.38 Å². The molecular formula is C17H26N2O2S. The summed E-state index contributed by atoms with van der Waals surface area (Å²) in [6.07, 6.45) is 3.40. The molecule has 1 fully saturated rings. The van der Waals surface area contributed by atoms with Crippen molar-refractivity contribution in [1.29, 1.82) is 0 Å². The number of nitrogens with one attached hydrogen (secondary N) is 1. The van der Waals surface area contributed by atoms with Crippen LogP contribution in [0.3, 0.4) is 0 Å². The number of thiophene rings is 1. The summed E-state index contributed by atoms with van der Waals surface area (Å²) in [5.41, 5.74) is 2.22. The number of nitrogens with zero attached hydrogens (tertiary/aromatic N) is 1. The predicted octanol–water partition coefficient (Wildman–Crippen LogP) is 2.32. The summed E-state index contributed by atoms with van der Waals surface area (Å²) < 4.78 is 5.38. The van der Waals surface area contributed by atoms with E-state index < -0.39 is 0 Å². The van der Waals surface area contributed by atoms with E-state index in [4.69, 9.17) is 4.74 Å². The lowest BCUT2D eigenvalue weighted by molar-refractivity contribution is 0.0204. The second kappa shape index (κ2) is 7.11. The number of fused-ring (bicyclic) bond motifs is 1. The average molecular weight is 322 g/mol. The summed E-state index contributed by atoms with van der Waals surface area (Å²) in [4.78, 5) is 16.3. The van der Waals surface area contributed by atoms with E-state index in [0.717, 1.165) is 50.6 Å². The number of morpholine rings is 1. The molecule has 2 atom stereocenters. The Hall–Kier alpha value is -0.910. The minimum absolute atomic E-state index is 0.104. The van der Waals surface area contributed by atoms with Gasteiger partial charge in [0.05, 0.1) is 18.8 Å². The fourth-order valence-electron chi connectivity index (χ4n) is 3.35. The number of amides is 1. The monoisotopic (exact) mass is 322 g/mol. The lowest BCUT2D eigenvalue weighted by Crippen LogP contribution is -2.47. The molecule has 3 rings (SSSR count). The maximum absolute atomic E-state index is 12.5. The molecule has 2 aliphatic rings. The van der Waals surface area contributed by atoms with Crippen molar-refractivity contribution in [2.45, 2.75) is 39.2 Å². The maximum Gasteiger partial charge on any atom is 0.252 e. The lowest BCUT2D eigenvalue weighted by atomic mass is 9.88. The largest absolute Gasteiger partial charge is 0.379 e. The Morgan fingerprint density at radius 1 is 1.50 bits per heavy atom. The number of hydrogen-bond donors (Lipinski definition) is 1. The van der Waals surface area contributed by atoms with Gasteiger partial charge in [0, 0.05) is 35.9 Å². The number of carbonyl (C=O) groups excluding carboxylic acids is 1. The van der Waals surface area contributed by atoms with Crippen molar-refractivity contribution in [3.63, 3.8) is 0 Å². The van der Waals surface area contributed by atoms with Gasteiger partial charge in [0.1, 0.15) is 0 Å². The fraction of sp³-hybridized carbons (Fsp3) is 0.706. The van der Waals surface area contributed by atoms with Crippen LogP contribution >= 0.6 is 11.3 Å². The molecule has 22 heavy (non-hydrogen) atoms. The third kappa shape index (κ3) is 3.53. The number of hydrogen-bond acceptors (Lipinski definition) is 4. The van der Waals surface area contributed by atoms with Gasteiger partial charge in [-0.1, -0.05) is 6.92 Å². The average Bonchev–Trinajstić information content (AvgIpc) is 2.96. The van der Waals surface area contributed by atoms with Gasteiger partial charge in [-0.25, -0.2) is 0 Å². The van der Waals surface area contributed by atoms with Gasteiger partial charge in [-0.3, -0.25) is 9.69 Å². The van der Waals surface area contributed by atoms with E-state index in [-0.39, 0.29) is 5.91 Å². The molecule has 1 aromatic heterocycles.